The quantitative estimate of drug-likeness (QED) is 0.144. The summed E-state index contributed by atoms with van der Waals surface area (Å²) in [6.07, 6.45) is -1.80. The van der Waals surface area contributed by atoms with Crippen molar-refractivity contribution in [1.29, 1.82) is 0 Å². The predicted molar refractivity (Wildman–Crippen MR) is 173 cm³/mol. The van der Waals surface area contributed by atoms with Crippen LogP contribution < -0.4 is 4.74 Å². The molecule has 3 unspecified atom stereocenters. The lowest BCUT2D eigenvalue weighted by molar-refractivity contribution is -0.247. The van der Waals surface area contributed by atoms with E-state index in [1.165, 1.54) is 25.3 Å². The number of carbonyl (C=O) groups excluding carboxylic acids is 3. The number of phenolic OH excluding ortho intramolecular Hbond substituents is 2. The molecule has 2 heterocycles. The first kappa shape index (κ1) is 35.7. The van der Waals surface area contributed by atoms with Crippen molar-refractivity contribution in [3.05, 3.63) is 51.6 Å². The number of carbonyl (C=O) groups is 3. The number of hydrogen-bond donors (Lipinski definition) is 5. The molecule has 48 heavy (non-hydrogen) atoms. The van der Waals surface area contributed by atoms with Gasteiger partial charge in [0, 0.05) is 49.0 Å². The van der Waals surface area contributed by atoms with E-state index in [1.54, 1.807) is 6.92 Å². The van der Waals surface area contributed by atoms with Gasteiger partial charge in [-0.15, -0.1) is 12.4 Å². The first-order valence-electron chi connectivity index (χ1n) is 15.9. The van der Waals surface area contributed by atoms with Crippen LogP contribution in [0.3, 0.4) is 0 Å². The number of Topliss-reactive ketones (excluding diaryl/α,β-unsaturated/α-hetero) is 1. The zero-order chi connectivity index (χ0) is 33.8. The summed E-state index contributed by atoms with van der Waals surface area (Å²) < 4.78 is 17.6. The first-order chi connectivity index (χ1) is 22.4. The third-order valence-electron chi connectivity index (χ3n) is 9.90. The van der Waals surface area contributed by atoms with Gasteiger partial charge in [0.1, 0.15) is 35.6 Å². The van der Waals surface area contributed by atoms with E-state index in [-0.39, 0.29) is 46.8 Å². The number of benzene rings is 2. The number of fused-ring (bicyclic) bond motifs is 3. The van der Waals surface area contributed by atoms with Gasteiger partial charge in [0.2, 0.25) is 5.78 Å². The Balaban J connectivity index is 0.00000451. The summed E-state index contributed by atoms with van der Waals surface area (Å²) in [5.74, 6) is -2.93. The summed E-state index contributed by atoms with van der Waals surface area (Å²) in [4.78, 5) is 47.4. The monoisotopic (exact) mass is 688 g/mol. The maximum Gasteiger partial charge on any atom is 0.202 e. The summed E-state index contributed by atoms with van der Waals surface area (Å²) in [7, 11) is 1.34. The van der Waals surface area contributed by atoms with Gasteiger partial charge in [0.05, 0.1) is 47.9 Å². The van der Waals surface area contributed by atoms with Gasteiger partial charge in [0.15, 0.2) is 17.9 Å². The van der Waals surface area contributed by atoms with Gasteiger partial charge >= 0.3 is 0 Å². The maximum atomic E-state index is 13.9. The molecule has 13 nitrogen and oxygen atoms in total. The number of nitrogens with zero attached hydrogens (tertiary/aromatic N) is 2. The van der Waals surface area contributed by atoms with Gasteiger partial charge in [-0.25, -0.2) is 0 Å². The zero-order valence-electron chi connectivity index (χ0n) is 27.0. The van der Waals surface area contributed by atoms with Gasteiger partial charge < -0.3 is 44.6 Å². The SMILES string of the molecule is COc1cccc2c1C(=O)c1c(O)c3c(c(O)c1C2=O)CC(O)(C(=O)CO)C[C@@H]3OC1C[C@H](N=C(C)N2CCCCC2)[C@H](O)C(C)O1.Cl. The molecule has 0 aromatic heterocycles. The fourth-order valence-electron chi connectivity index (χ4n) is 7.36. The van der Waals surface area contributed by atoms with E-state index in [9.17, 15) is 39.9 Å². The topological polar surface area (TPSA) is 196 Å². The maximum absolute atomic E-state index is 13.9. The number of phenols is 2. The molecule has 6 atom stereocenters. The highest BCUT2D eigenvalue weighted by Crippen LogP contribution is 2.52. The van der Waals surface area contributed by atoms with Crippen LogP contribution in [-0.4, -0.2) is 111 Å². The molecule has 0 bridgehead atoms. The second-order valence-electron chi connectivity index (χ2n) is 12.8. The Morgan fingerprint density at radius 3 is 2.44 bits per heavy atom. The molecule has 0 spiro atoms. The molecule has 0 radical (unpaired) electrons. The van der Waals surface area contributed by atoms with Crippen molar-refractivity contribution in [3.63, 3.8) is 0 Å². The van der Waals surface area contributed by atoms with Crippen LogP contribution in [0.5, 0.6) is 17.2 Å². The number of aliphatic imine (C=N–C) groups is 1. The van der Waals surface area contributed by atoms with E-state index in [0.29, 0.717) is 0 Å². The Bertz CT molecular complexity index is 1660. The van der Waals surface area contributed by atoms with Crippen molar-refractivity contribution in [3.8, 4) is 17.2 Å². The average molecular weight is 689 g/mol. The van der Waals surface area contributed by atoms with Crippen molar-refractivity contribution in [2.24, 2.45) is 4.99 Å². The Kier molecular flexibility index (Phi) is 10.2. The lowest BCUT2D eigenvalue weighted by Gasteiger charge is -2.42. The fraction of sp³-hybridized carbons (Fsp3) is 0.529. The number of halogens is 1. The van der Waals surface area contributed by atoms with E-state index in [2.05, 4.69) is 4.90 Å². The summed E-state index contributed by atoms with van der Waals surface area (Å²) >= 11 is 0. The largest absolute Gasteiger partial charge is 0.507 e. The van der Waals surface area contributed by atoms with E-state index in [4.69, 9.17) is 19.2 Å². The number of likely N-dealkylation sites (tertiary alicyclic amines) is 1. The molecule has 2 aromatic carbocycles. The molecule has 0 saturated carbocycles. The number of ether oxygens (including phenoxy) is 3. The van der Waals surface area contributed by atoms with E-state index in [0.717, 1.165) is 38.2 Å². The molecule has 260 valence electrons. The summed E-state index contributed by atoms with van der Waals surface area (Å²) in [5.41, 5.74) is -3.57. The van der Waals surface area contributed by atoms with Crippen molar-refractivity contribution in [2.45, 2.75) is 88.6 Å². The van der Waals surface area contributed by atoms with Crippen LogP contribution in [0.4, 0.5) is 0 Å². The molecule has 5 N–H and O–H groups in total. The molecule has 4 aliphatic rings. The number of ketones is 3. The predicted octanol–water partition coefficient (Wildman–Crippen LogP) is 2.37. The normalized spacial score (nSPS) is 28.6. The lowest BCUT2D eigenvalue weighted by atomic mass is 9.72. The second kappa shape index (κ2) is 13.7. The van der Waals surface area contributed by atoms with Crippen LogP contribution in [0.2, 0.25) is 0 Å². The fourth-order valence-corrected chi connectivity index (χ4v) is 7.36. The molecule has 2 aliphatic heterocycles. The van der Waals surface area contributed by atoms with Gasteiger partial charge in [-0.05, 0) is 39.2 Å². The first-order valence-corrected chi connectivity index (χ1v) is 15.9. The van der Waals surface area contributed by atoms with Crippen molar-refractivity contribution in [2.75, 3.05) is 26.8 Å². The minimum atomic E-state index is -2.25. The third kappa shape index (κ3) is 5.97. The van der Waals surface area contributed by atoms with Gasteiger partial charge in [-0.2, -0.15) is 0 Å². The number of aliphatic hydroxyl groups excluding tert-OH is 2. The van der Waals surface area contributed by atoms with E-state index in [1.807, 2.05) is 6.92 Å². The summed E-state index contributed by atoms with van der Waals surface area (Å²) in [6.45, 7) is 4.27. The Hall–Kier alpha value is -3.59. The molecule has 0 amide bonds. The molecule has 14 heteroatoms. The molecule has 2 saturated heterocycles. The van der Waals surface area contributed by atoms with Crippen LogP contribution in [0.1, 0.15) is 95.0 Å². The van der Waals surface area contributed by atoms with Crippen LogP contribution in [0.25, 0.3) is 0 Å². The van der Waals surface area contributed by atoms with E-state index < -0.39 is 95.7 Å². The van der Waals surface area contributed by atoms with Crippen LogP contribution in [0, 0.1) is 0 Å². The highest BCUT2D eigenvalue weighted by atomic mass is 35.5. The molecule has 6 rings (SSSR count). The van der Waals surface area contributed by atoms with Crippen molar-refractivity contribution < 1.29 is 54.1 Å². The highest BCUT2D eigenvalue weighted by Gasteiger charge is 2.50. The summed E-state index contributed by atoms with van der Waals surface area (Å²) in [6, 6.07) is 3.79. The number of rotatable bonds is 6. The summed E-state index contributed by atoms with van der Waals surface area (Å²) in [5, 5.41) is 55.5. The Morgan fingerprint density at radius 2 is 1.77 bits per heavy atom. The van der Waals surface area contributed by atoms with E-state index >= 15 is 0 Å². The number of amidine groups is 1. The van der Waals surface area contributed by atoms with Gasteiger partial charge in [0.25, 0.3) is 0 Å². The van der Waals surface area contributed by atoms with Gasteiger partial charge in [-0.3, -0.25) is 19.4 Å². The number of aliphatic hydroxyl groups is 3. The third-order valence-corrected chi connectivity index (χ3v) is 9.90. The standard InChI is InChI=1S/C34H40N2O11.ClH/c1-16-29(39)20(35-17(2)36-10-5-4-6-11-36)12-24(46-16)47-22-14-34(44,23(38)15-37)13-19-26(22)33(43)28-27(31(19)41)30(40)18-8-7-9-21(45-3)25(18)32(28)42;/h7-9,16,20,22,24,29,37,39,41,43-44H,4-6,10-15H2,1-3H3;1H/t16?,20-,22-,24?,29+,34?;/m0./s1. The zero-order valence-corrected chi connectivity index (χ0v) is 27.8. The van der Waals surface area contributed by atoms with Gasteiger partial charge in [-0.1, -0.05) is 12.1 Å². The van der Waals surface area contributed by atoms with Crippen molar-refractivity contribution >= 4 is 35.6 Å². The molecular weight excluding hydrogens is 648 g/mol. The number of piperidine rings is 1. The van der Waals surface area contributed by atoms with Crippen LogP contribution in [-0.2, 0) is 20.7 Å². The molecule has 2 aliphatic carbocycles. The minimum Gasteiger partial charge on any atom is -0.507 e. The molecular formula is C34H41ClN2O11. The average Bonchev–Trinajstić information content (AvgIpc) is 3.06. The Morgan fingerprint density at radius 1 is 1.08 bits per heavy atom. The van der Waals surface area contributed by atoms with Crippen LogP contribution in [0.15, 0.2) is 23.2 Å². The number of methoxy groups -OCH3 is 1. The smallest absolute Gasteiger partial charge is 0.202 e. The highest BCUT2D eigenvalue weighted by molar-refractivity contribution is 6.31. The second-order valence-corrected chi connectivity index (χ2v) is 12.8. The van der Waals surface area contributed by atoms with Crippen LogP contribution >= 0.6 is 12.4 Å². The minimum absolute atomic E-state index is 0. The number of aromatic hydroxyl groups is 2. The van der Waals surface area contributed by atoms with Crippen molar-refractivity contribution in [1.82, 2.24) is 4.90 Å². The molecule has 2 fully saturated rings. The molecule has 2 aromatic rings. The lowest BCUT2D eigenvalue weighted by Crippen LogP contribution is -2.50. The Labute approximate surface area is 283 Å². The number of hydrogen-bond acceptors (Lipinski definition) is 12.